The second-order valence-corrected chi connectivity index (χ2v) is 6.94. The number of rotatable bonds is 3. The average molecular weight is 240 g/mol. The molecule has 1 aliphatic carbocycles. The Kier molecular flexibility index (Phi) is 4.27. The summed E-state index contributed by atoms with van der Waals surface area (Å²) < 4.78 is 5.91. The molecule has 0 radical (unpaired) electrons. The maximum absolute atomic E-state index is 12.2. The van der Waals surface area contributed by atoms with Gasteiger partial charge in [-0.25, -0.2) is 0 Å². The van der Waals surface area contributed by atoms with Crippen molar-refractivity contribution in [1.29, 1.82) is 0 Å². The van der Waals surface area contributed by atoms with Crippen molar-refractivity contribution in [3.63, 3.8) is 0 Å². The molecule has 0 bridgehead atoms. The zero-order chi connectivity index (χ0) is 13.3. The number of hydrogen-bond donors (Lipinski definition) is 0. The van der Waals surface area contributed by atoms with Crippen LogP contribution in [0.1, 0.15) is 67.2 Å². The fourth-order valence-electron chi connectivity index (χ4n) is 2.41. The van der Waals surface area contributed by atoms with Crippen LogP contribution in [-0.2, 0) is 9.53 Å². The van der Waals surface area contributed by atoms with Crippen molar-refractivity contribution in [1.82, 2.24) is 0 Å². The van der Waals surface area contributed by atoms with Crippen LogP contribution in [-0.4, -0.2) is 11.6 Å². The molecule has 1 saturated carbocycles. The Morgan fingerprint density at radius 1 is 1.12 bits per heavy atom. The van der Waals surface area contributed by atoms with Crippen LogP contribution in [0.5, 0.6) is 0 Å². The van der Waals surface area contributed by atoms with Crippen molar-refractivity contribution in [2.45, 2.75) is 72.8 Å². The fraction of sp³-hybridized carbons (Fsp3) is 0.933. The summed E-state index contributed by atoms with van der Waals surface area (Å²) >= 11 is 0. The van der Waals surface area contributed by atoms with Gasteiger partial charge in [-0.1, -0.05) is 41.5 Å². The lowest BCUT2D eigenvalue weighted by Crippen LogP contribution is -2.41. The molecule has 0 N–H and O–H groups in total. The van der Waals surface area contributed by atoms with Gasteiger partial charge in [-0.3, -0.25) is 4.79 Å². The SMILES string of the molecule is CC(C(=O)OC1(C(C)C)CCCC1)C(C)(C)C. The second kappa shape index (κ2) is 4.99. The Bertz CT molecular complexity index is 267. The molecule has 0 heterocycles. The highest BCUT2D eigenvalue weighted by atomic mass is 16.6. The molecule has 1 aliphatic rings. The zero-order valence-electron chi connectivity index (χ0n) is 12.3. The summed E-state index contributed by atoms with van der Waals surface area (Å²) in [6.45, 7) is 12.6. The molecule has 2 nitrogen and oxygen atoms in total. The largest absolute Gasteiger partial charge is 0.459 e. The quantitative estimate of drug-likeness (QED) is 0.692. The Balaban J connectivity index is 2.72. The molecule has 1 rings (SSSR count). The number of hydrogen-bond acceptors (Lipinski definition) is 2. The van der Waals surface area contributed by atoms with E-state index in [1.54, 1.807) is 0 Å². The first-order chi connectivity index (χ1) is 7.69. The molecular formula is C15H28O2. The van der Waals surface area contributed by atoms with Gasteiger partial charge in [0.2, 0.25) is 0 Å². The molecule has 17 heavy (non-hydrogen) atoms. The lowest BCUT2D eigenvalue weighted by Gasteiger charge is -2.36. The first-order valence-electron chi connectivity index (χ1n) is 6.92. The van der Waals surface area contributed by atoms with Crippen LogP contribution in [0.4, 0.5) is 0 Å². The van der Waals surface area contributed by atoms with Crippen molar-refractivity contribution < 1.29 is 9.53 Å². The van der Waals surface area contributed by atoms with Crippen LogP contribution in [0.2, 0.25) is 0 Å². The van der Waals surface area contributed by atoms with Gasteiger partial charge in [0.05, 0.1) is 5.92 Å². The van der Waals surface area contributed by atoms with Crippen LogP contribution in [0, 0.1) is 17.3 Å². The van der Waals surface area contributed by atoms with E-state index in [9.17, 15) is 4.79 Å². The molecule has 1 unspecified atom stereocenters. The molecule has 0 saturated heterocycles. The number of carbonyl (C=O) groups excluding carboxylic acids is 1. The van der Waals surface area contributed by atoms with Gasteiger partial charge < -0.3 is 4.74 Å². The van der Waals surface area contributed by atoms with Crippen LogP contribution in [0.25, 0.3) is 0 Å². The van der Waals surface area contributed by atoms with E-state index >= 15 is 0 Å². The maximum Gasteiger partial charge on any atom is 0.309 e. The highest BCUT2D eigenvalue weighted by Gasteiger charge is 2.42. The van der Waals surface area contributed by atoms with Gasteiger partial charge in [0.15, 0.2) is 0 Å². The van der Waals surface area contributed by atoms with E-state index in [-0.39, 0.29) is 22.9 Å². The van der Waals surface area contributed by atoms with Gasteiger partial charge in [0.25, 0.3) is 0 Å². The predicted octanol–water partition coefficient (Wildman–Crippen LogP) is 4.18. The fourth-order valence-corrected chi connectivity index (χ4v) is 2.41. The second-order valence-electron chi connectivity index (χ2n) is 6.94. The molecule has 100 valence electrons. The smallest absolute Gasteiger partial charge is 0.309 e. The highest BCUT2D eigenvalue weighted by Crippen LogP contribution is 2.40. The van der Waals surface area contributed by atoms with Gasteiger partial charge in [0, 0.05) is 0 Å². The van der Waals surface area contributed by atoms with Gasteiger partial charge in [-0.05, 0) is 37.0 Å². The molecule has 0 spiro atoms. The number of carbonyl (C=O) groups is 1. The normalized spacial score (nSPS) is 21.6. The number of ether oxygens (including phenoxy) is 1. The highest BCUT2D eigenvalue weighted by molar-refractivity contribution is 5.73. The maximum atomic E-state index is 12.2. The molecule has 0 aromatic carbocycles. The molecule has 0 aliphatic heterocycles. The average Bonchev–Trinajstić information content (AvgIpc) is 2.64. The molecule has 0 amide bonds. The summed E-state index contributed by atoms with van der Waals surface area (Å²) in [4.78, 5) is 12.2. The third kappa shape index (κ3) is 3.23. The van der Waals surface area contributed by atoms with Crippen molar-refractivity contribution in [3.05, 3.63) is 0 Å². The summed E-state index contributed by atoms with van der Waals surface area (Å²) in [5.41, 5.74) is -0.204. The molecule has 1 fully saturated rings. The van der Waals surface area contributed by atoms with Crippen LogP contribution >= 0.6 is 0 Å². The van der Waals surface area contributed by atoms with Gasteiger partial charge in [-0.15, -0.1) is 0 Å². The van der Waals surface area contributed by atoms with Crippen LogP contribution in [0.15, 0.2) is 0 Å². The zero-order valence-corrected chi connectivity index (χ0v) is 12.3. The number of esters is 1. The molecule has 2 heteroatoms. The summed E-state index contributed by atoms with van der Waals surface area (Å²) in [5.74, 6) is 0.355. The minimum absolute atomic E-state index is 0.0200. The van der Waals surface area contributed by atoms with E-state index in [0.29, 0.717) is 5.92 Å². The molecule has 0 aromatic rings. The standard InChI is InChI=1S/C15H28O2/c1-11(2)15(9-7-8-10-15)17-13(16)12(3)14(4,5)6/h11-12H,7-10H2,1-6H3. The van der Waals surface area contributed by atoms with Crippen molar-refractivity contribution in [2.75, 3.05) is 0 Å². The molecule has 1 atom stereocenters. The van der Waals surface area contributed by atoms with Gasteiger partial charge >= 0.3 is 5.97 Å². The van der Waals surface area contributed by atoms with Crippen LogP contribution < -0.4 is 0 Å². The Morgan fingerprint density at radius 3 is 1.94 bits per heavy atom. The van der Waals surface area contributed by atoms with E-state index in [0.717, 1.165) is 12.8 Å². The predicted molar refractivity (Wildman–Crippen MR) is 70.7 cm³/mol. The van der Waals surface area contributed by atoms with E-state index in [4.69, 9.17) is 4.74 Å². The third-order valence-corrected chi connectivity index (χ3v) is 4.46. The Labute approximate surface area is 106 Å². The lowest BCUT2D eigenvalue weighted by atomic mass is 9.81. The van der Waals surface area contributed by atoms with Gasteiger partial charge in [-0.2, -0.15) is 0 Å². The first-order valence-corrected chi connectivity index (χ1v) is 6.92. The summed E-state index contributed by atoms with van der Waals surface area (Å²) in [7, 11) is 0. The summed E-state index contributed by atoms with van der Waals surface area (Å²) in [6.07, 6.45) is 4.45. The van der Waals surface area contributed by atoms with Gasteiger partial charge in [0.1, 0.15) is 5.60 Å². The Morgan fingerprint density at radius 2 is 1.59 bits per heavy atom. The van der Waals surface area contributed by atoms with Crippen molar-refractivity contribution in [2.24, 2.45) is 17.3 Å². The van der Waals surface area contributed by atoms with Crippen LogP contribution in [0.3, 0.4) is 0 Å². The monoisotopic (exact) mass is 240 g/mol. The van der Waals surface area contributed by atoms with E-state index in [1.807, 2.05) is 6.92 Å². The minimum Gasteiger partial charge on any atom is -0.459 e. The Hall–Kier alpha value is -0.530. The third-order valence-electron chi connectivity index (χ3n) is 4.46. The summed E-state index contributed by atoms with van der Waals surface area (Å²) in [6, 6.07) is 0. The van der Waals surface area contributed by atoms with Crippen molar-refractivity contribution >= 4 is 5.97 Å². The molecular weight excluding hydrogens is 212 g/mol. The van der Waals surface area contributed by atoms with Crippen molar-refractivity contribution in [3.8, 4) is 0 Å². The van der Waals surface area contributed by atoms with E-state index in [1.165, 1.54) is 12.8 Å². The molecule has 0 aromatic heterocycles. The van der Waals surface area contributed by atoms with E-state index < -0.39 is 0 Å². The lowest BCUT2D eigenvalue weighted by molar-refractivity contribution is -0.172. The minimum atomic E-state index is -0.184. The van der Waals surface area contributed by atoms with E-state index in [2.05, 4.69) is 34.6 Å². The topological polar surface area (TPSA) is 26.3 Å². The first kappa shape index (κ1) is 14.5. The summed E-state index contributed by atoms with van der Waals surface area (Å²) in [5, 5.41) is 0.